The molecule has 0 spiro atoms. The molecule has 1 aromatic rings. The molecule has 0 radical (unpaired) electrons. The number of halogens is 1. The van der Waals surface area contributed by atoms with Gasteiger partial charge in [-0.15, -0.1) is 6.58 Å². The zero-order valence-electron chi connectivity index (χ0n) is 9.22. The average molecular weight is 281 g/mol. The van der Waals surface area contributed by atoms with Crippen molar-refractivity contribution < 1.29 is 0 Å². The lowest BCUT2D eigenvalue weighted by molar-refractivity contribution is 0.765. The largest absolute Gasteiger partial charge is 0.109 e. The number of benzene rings is 1. The molecule has 0 amide bonds. The standard InChI is InChI=1S/C13H17BrSi/c1-11-6-3-4-9-15(11,2)13-8-5-7-12(14)10-13/h5,7-8,10H,1,3-4,6,9H2,2H3. The summed E-state index contributed by atoms with van der Waals surface area (Å²) in [5, 5.41) is 3.08. The van der Waals surface area contributed by atoms with E-state index in [4.69, 9.17) is 0 Å². The normalized spacial score (nSPS) is 26.7. The third-order valence-electron chi connectivity index (χ3n) is 3.65. The number of hydrogen-bond acceptors (Lipinski definition) is 0. The minimum Gasteiger partial charge on any atom is -0.103 e. The zero-order valence-corrected chi connectivity index (χ0v) is 11.8. The Bertz CT molecular complexity index is 386. The lowest BCUT2D eigenvalue weighted by Crippen LogP contribution is -2.48. The third-order valence-corrected chi connectivity index (χ3v) is 8.89. The van der Waals surface area contributed by atoms with Crippen LogP contribution in [0.25, 0.3) is 0 Å². The van der Waals surface area contributed by atoms with Gasteiger partial charge in [0.05, 0.1) is 0 Å². The molecule has 1 atom stereocenters. The van der Waals surface area contributed by atoms with Gasteiger partial charge in [-0.3, -0.25) is 0 Å². The van der Waals surface area contributed by atoms with E-state index in [0.717, 1.165) is 0 Å². The Kier molecular flexibility index (Phi) is 3.17. The van der Waals surface area contributed by atoms with Gasteiger partial charge in [-0.2, -0.15) is 0 Å². The Balaban J connectivity index is 2.39. The van der Waals surface area contributed by atoms with E-state index in [1.165, 1.54) is 35.0 Å². The van der Waals surface area contributed by atoms with Gasteiger partial charge in [0.25, 0.3) is 0 Å². The van der Waals surface area contributed by atoms with Crippen molar-refractivity contribution in [1.82, 2.24) is 0 Å². The highest BCUT2D eigenvalue weighted by molar-refractivity contribution is 9.10. The van der Waals surface area contributed by atoms with E-state index in [0.29, 0.717) is 0 Å². The molecule has 1 aromatic carbocycles. The van der Waals surface area contributed by atoms with E-state index in [2.05, 4.69) is 53.3 Å². The van der Waals surface area contributed by atoms with Gasteiger partial charge in [-0.1, -0.05) is 57.8 Å². The Morgan fingerprint density at radius 1 is 1.33 bits per heavy atom. The van der Waals surface area contributed by atoms with Crippen LogP contribution < -0.4 is 5.19 Å². The molecule has 0 nitrogen and oxygen atoms in total. The summed E-state index contributed by atoms with van der Waals surface area (Å²) in [6, 6.07) is 10.2. The first-order valence-electron chi connectivity index (χ1n) is 5.57. The Hall–Kier alpha value is -0.343. The lowest BCUT2D eigenvalue weighted by atomic mass is 10.2. The maximum Gasteiger partial charge on any atom is 0.109 e. The van der Waals surface area contributed by atoms with Crippen LogP contribution in [0.2, 0.25) is 12.6 Å². The summed E-state index contributed by atoms with van der Waals surface area (Å²) < 4.78 is 1.20. The molecular formula is C13H17BrSi. The van der Waals surface area contributed by atoms with Crippen molar-refractivity contribution in [2.75, 3.05) is 0 Å². The van der Waals surface area contributed by atoms with Crippen LogP contribution in [0.15, 0.2) is 40.5 Å². The summed E-state index contributed by atoms with van der Waals surface area (Å²) in [6.07, 6.45) is 3.97. The summed E-state index contributed by atoms with van der Waals surface area (Å²) in [5.74, 6) is 0. The predicted octanol–water partition coefficient (Wildman–Crippen LogP) is 4.01. The van der Waals surface area contributed by atoms with Crippen molar-refractivity contribution in [3.05, 3.63) is 40.5 Å². The van der Waals surface area contributed by atoms with E-state index in [-0.39, 0.29) is 0 Å². The molecule has 1 unspecified atom stereocenters. The molecule has 1 heterocycles. The van der Waals surface area contributed by atoms with Crippen LogP contribution in [-0.2, 0) is 0 Å². The van der Waals surface area contributed by atoms with Crippen molar-refractivity contribution in [1.29, 1.82) is 0 Å². The Morgan fingerprint density at radius 3 is 2.80 bits per heavy atom. The van der Waals surface area contributed by atoms with Gasteiger partial charge >= 0.3 is 0 Å². The monoisotopic (exact) mass is 280 g/mol. The summed E-state index contributed by atoms with van der Waals surface area (Å²) in [7, 11) is -1.37. The predicted molar refractivity (Wildman–Crippen MR) is 73.2 cm³/mol. The summed E-state index contributed by atoms with van der Waals surface area (Å²) in [4.78, 5) is 0. The number of hydrogen-bond donors (Lipinski definition) is 0. The van der Waals surface area contributed by atoms with Crippen LogP contribution in [0.5, 0.6) is 0 Å². The molecule has 80 valence electrons. The van der Waals surface area contributed by atoms with Crippen LogP contribution in [0.4, 0.5) is 0 Å². The second-order valence-electron chi connectivity index (χ2n) is 4.65. The highest BCUT2D eigenvalue weighted by Gasteiger charge is 2.34. The fraction of sp³-hybridized carbons (Fsp3) is 0.385. The van der Waals surface area contributed by atoms with Gasteiger partial charge in [0.2, 0.25) is 0 Å². The number of rotatable bonds is 1. The van der Waals surface area contributed by atoms with E-state index in [9.17, 15) is 0 Å². The highest BCUT2D eigenvalue weighted by atomic mass is 79.9. The van der Waals surface area contributed by atoms with E-state index in [1.807, 2.05) is 0 Å². The maximum atomic E-state index is 4.32. The molecular weight excluding hydrogens is 264 g/mol. The van der Waals surface area contributed by atoms with Gasteiger partial charge in [0.15, 0.2) is 0 Å². The van der Waals surface area contributed by atoms with Gasteiger partial charge in [-0.05, 0) is 24.6 Å². The molecule has 2 heteroatoms. The van der Waals surface area contributed by atoms with Gasteiger partial charge in [0, 0.05) is 4.47 Å². The second-order valence-corrected chi connectivity index (χ2v) is 10.0. The van der Waals surface area contributed by atoms with E-state index in [1.54, 1.807) is 5.19 Å². The van der Waals surface area contributed by atoms with Crippen molar-refractivity contribution in [3.8, 4) is 0 Å². The summed E-state index contributed by atoms with van der Waals surface area (Å²) >= 11 is 3.57. The number of allylic oxidation sites excluding steroid dienone is 1. The topological polar surface area (TPSA) is 0 Å². The highest BCUT2D eigenvalue weighted by Crippen LogP contribution is 2.31. The molecule has 0 aromatic heterocycles. The molecule has 0 saturated carbocycles. The molecule has 2 rings (SSSR count). The maximum absolute atomic E-state index is 4.32. The quantitative estimate of drug-likeness (QED) is 0.682. The zero-order chi connectivity index (χ0) is 10.9. The van der Waals surface area contributed by atoms with Crippen molar-refractivity contribution >= 4 is 29.2 Å². The molecule has 0 N–H and O–H groups in total. The first-order chi connectivity index (χ1) is 7.13. The third kappa shape index (κ3) is 2.11. The fourth-order valence-corrected chi connectivity index (χ4v) is 6.73. The molecule has 1 saturated heterocycles. The second kappa shape index (κ2) is 4.26. The molecule has 1 aliphatic rings. The van der Waals surface area contributed by atoms with E-state index >= 15 is 0 Å². The van der Waals surface area contributed by atoms with Crippen LogP contribution in [0.3, 0.4) is 0 Å². The molecule has 1 fully saturated rings. The van der Waals surface area contributed by atoms with Crippen LogP contribution in [0, 0.1) is 0 Å². The smallest absolute Gasteiger partial charge is 0.103 e. The average Bonchev–Trinajstić information content (AvgIpc) is 2.23. The first-order valence-corrected chi connectivity index (χ1v) is 9.07. The van der Waals surface area contributed by atoms with Crippen molar-refractivity contribution in [3.63, 3.8) is 0 Å². The van der Waals surface area contributed by atoms with Crippen molar-refractivity contribution in [2.45, 2.75) is 31.9 Å². The van der Waals surface area contributed by atoms with Gasteiger partial charge in [0.1, 0.15) is 8.07 Å². The Morgan fingerprint density at radius 2 is 2.13 bits per heavy atom. The van der Waals surface area contributed by atoms with Gasteiger partial charge in [-0.25, -0.2) is 0 Å². The molecule has 15 heavy (non-hydrogen) atoms. The Labute approximate surface area is 102 Å². The van der Waals surface area contributed by atoms with Crippen LogP contribution >= 0.6 is 15.9 Å². The minimum absolute atomic E-state index is 1.20. The lowest BCUT2D eigenvalue weighted by Gasteiger charge is -2.34. The van der Waals surface area contributed by atoms with Crippen LogP contribution in [0.1, 0.15) is 19.3 Å². The molecule has 0 bridgehead atoms. The summed E-state index contributed by atoms with van der Waals surface area (Å²) in [6.45, 7) is 6.79. The van der Waals surface area contributed by atoms with Crippen LogP contribution in [-0.4, -0.2) is 8.07 Å². The SMILES string of the molecule is C=C1CCCC[Si]1(C)c1cccc(Br)c1. The van der Waals surface area contributed by atoms with Gasteiger partial charge < -0.3 is 0 Å². The minimum atomic E-state index is -1.37. The van der Waals surface area contributed by atoms with E-state index < -0.39 is 8.07 Å². The summed E-state index contributed by atoms with van der Waals surface area (Å²) in [5.41, 5.74) is 0. The molecule has 1 aliphatic heterocycles. The van der Waals surface area contributed by atoms with Crippen molar-refractivity contribution in [2.24, 2.45) is 0 Å². The first kappa shape index (κ1) is 11.2. The molecule has 0 aliphatic carbocycles. The fourth-order valence-electron chi connectivity index (χ4n) is 2.45.